The van der Waals surface area contributed by atoms with Gasteiger partial charge in [-0.25, -0.2) is 0 Å². The maximum atomic E-state index is 6.32. The molecule has 1 aromatic heterocycles. The molecule has 100 valence electrons. The van der Waals surface area contributed by atoms with E-state index in [0.717, 1.165) is 27.3 Å². The summed E-state index contributed by atoms with van der Waals surface area (Å²) < 4.78 is 2.83. The third kappa shape index (κ3) is 3.02. The first-order chi connectivity index (χ1) is 9.13. The molecule has 3 rings (SSSR count). The maximum absolute atomic E-state index is 6.32. The number of benzene rings is 1. The summed E-state index contributed by atoms with van der Waals surface area (Å²) in [7, 11) is 1.94. The number of rotatable bonds is 4. The fraction of sp³-hybridized carbons (Fsp3) is 0.357. The van der Waals surface area contributed by atoms with Crippen molar-refractivity contribution in [3.8, 4) is 11.3 Å². The lowest BCUT2D eigenvalue weighted by Gasteiger charge is -2.06. The SMILES string of the molecule is Cn1cc(CNC2CC2)c(-c2ccc(Br)cc2Cl)n1. The molecule has 1 aliphatic carbocycles. The first kappa shape index (κ1) is 13.2. The first-order valence-electron chi connectivity index (χ1n) is 6.35. The van der Waals surface area contributed by atoms with Crippen LogP contribution in [0.4, 0.5) is 0 Å². The molecule has 0 saturated heterocycles. The van der Waals surface area contributed by atoms with E-state index >= 15 is 0 Å². The third-order valence-corrected chi connectivity index (χ3v) is 4.06. The van der Waals surface area contributed by atoms with Crippen LogP contribution >= 0.6 is 27.5 Å². The highest BCUT2D eigenvalue weighted by molar-refractivity contribution is 9.10. The Morgan fingerprint density at radius 3 is 2.95 bits per heavy atom. The van der Waals surface area contributed by atoms with Crippen molar-refractivity contribution in [3.63, 3.8) is 0 Å². The predicted molar refractivity (Wildman–Crippen MR) is 81.2 cm³/mol. The Bertz CT molecular complexity index is 605. The second kappa shape index (κ2) is 5.27. The molecule has 0 unspecified atom stereocenters. The monoisotopic (exact) mass is 339 g/mol. The molecule has 3 nitrogen and oxygen atoms in total. The summed E-state index contributed by atoms with van der Waals surface area (Å²) in [6.45, 7) is 0.847. The largest absolute Gasteiger partial charge is 0.310 e. The Morgan fingerprint density at radius 1 is 1.47 bits per heavy atom. The van der Waals surface area contributed by atoms with Crippen molar-refractivity contribution < 1.29 is 0 Å². The Hall–Kier alpha value is -0.840. The van der Waals surface area contributed by atoms with Gasteiger partial charge in [0.2, 0.25) is 0 Å². The molecular weight excluding hydrogens is 326 g/mol. The molecule has 1 fully saturated rings. The van der Waals surface area contributed by atoms with E-state index in [1.54, 1.807) is 0 Å². The summed E-state index contributed by atoms with van der Waals surface area (Å²) in [5.74, 6) is 0. The molecule has 1 heterocycles. The molecule has 0 atom stereocenters. The van der Waals surface area contributed by atoms with Crippen molar-refractivity contribution in [2.24, 2.45) is 7.05 Å². The number of hydrogen-bond acceptors (Lipinski definition) is 2. The van der Waals surface area contributed by atoms with Crippen molar-refractivity contribution in [1.29, 1.82) is 0 Å². The van der Waals surface area contributed by atoms with Gasteiger partial charge in [-0.2, -0.15) is 5.10 Å². The highest BCUT2D eigenvalue weighted by Gasteiger charge is 2.21. The summed E-state index contributed by atoms with van der Waals surface area (Å²) >= 11 is 9.75. The van der Waals surface area contributed by atoms with Crippen molar-refractivity contribution in [3.05, 3.63) is 39.5 Å². The van der Waals surface area contributed by atoms with Crippen molar-refractivity contribution in [2.75, 3.05) is 0 Å². The highest BCUT2D eigenvalue weighted by Crippen LogP contribution is 2.32. The number of aryl methyl sites for hydroxylation is 1. The summed E-state index contributed by atoms with van der Waals surface area (Å²) in [6.07, 6.45) is 4.63. The molecule has 1 saturated carbocycles. The minimum atomic E-state index is 0.688. The van der Waals surface area contributed by atoms with Gasteiger partial charge in [0.25, 0.3) is 0 Å². The topological polar surface area (TPSA) is 29.9 Å². The summed E-state index contributed by atoms with van der Waals surface area (Å²) in [6, 6.07) is 6.60. The van der Waals surface area contributed by atoms with Crippen LogP contribution in [0.3, 0.4) is 0 Å². The van der Waals surface area contributed by atoms with Gasteiger partial charge in [0, 0.05) is 41.4 Å². The van der Waals surface area contributed by atoms with E-state index in [1.807, 2.05) is 29.9 Å². The third-order valence-electron chi connectivity index (χ3n) is 3.25. The summed E-state index contributed by atoms with van der Waals surface area (Å²) in [4.78, 5) is 0. The highest BCUT2D eigenvalue weighted by atomic mass is 79.9. The van der Waals surface area contributed by atoms with Gasteiger partial charge in [-0.1, -0.05) is 33.6 Å². The Labute approximate surface area is 126 Å². The van der Waals surface area contributed by atoms with Crippen LogP contribution in [0.15, 0.2) is 28.9 Å². The molecule has 0 spiro atoms. The molecule has 0 radical (unpaired) electrons. The zero-order chi connectivity index (χ0) is 13.4. The van der Waals surface area contributed by atoms with Crippen LogP contribution in [0.1, 0.15) is 18.4 Å². The molecule has 5 heteroatoms. The van der Waals surface area contributed by atoms with Crippen LogP contribution in [0.25, 0.3) is 11.3 Å². The molecular formula is C14H15BrClN3. The van der Waals surface area contributed by atoms with Gasteiger partial charge in [0.15, 0.2) is 0 Å². The average Bonchev–Trinajstić information content (AvgIpc) is 3.10. The fourth-order valence-corrected chi connectivity index (χ4v) is 2.88. The van der Waals surface area contributed by atoms with Crippen LogP contribution in [-0.4, -0.2) is 15.8 Å². The molecule has 0 aliphatic heterocycles. The zero-order valence-electron chi connectivity index (χ0n) is 10.7. The van der Waals surface area contributed by atoms with Crippen molar-refractivity contribution in [2.45, 2.75) is 25.4 Å². The molecule has 19 heavy (non-hydrogen) atoms. The summed E-state index contributed by atoms with van der Waals surface area (Å²) in [5, 5.41) is 8.79. The van der Waals surface area contributed by atoms with E-state index in [2.05, 4.69) is 32.5 Å². The standard InChI is InChI=1S/C14H15BrClN3/c1-19-8-9(7-17-11-3-4-11)14(18-19)12-5-2-10(15)6-13(12)16/h2,5-6,8,11,17H,3-4,7H2,1H3. The van der Waals surface area contributed by atoms with Gasteiger partial charge < -0.3 is 5.32 Å². The molecule has 0 amide bonds. The minimum absolute atomic E-state index is 0.688. The smallest absolute Gasteiger partial charge is 0.0982 e. The van der Waals surface area contributed by atoms with Gasteiger partial charge in [-0.3, -0.25) is 4.68 Å². The number of nitrogens with zero attached hydrogens (tertiary/aromatic N) is 2. The van der Waals surface area contributed by atoms with Crippen LogP contribution < -0.4 is 5.32 Å². The first-order valence-corrected chi connectivity index (χ1v) is 7.52. The fourth-order valence-electron chi connectivity index (χ4n) is 2.12. The maximum Gasteiger partial charge on any atom is 0.0982 e. The van der Waals surface area contributed by atoms with E-state index < -0.39 is 0 Å². The minimum Gasteiger partial charge on any atom is -0.310 e. The van der Waals surface area contributed by atoms with Crippen LogP contribution in [-0.2, 0) is 13.6 Å². The lowest BCUT2D eigenvalue weighted by Crippen LogP contribution is -2.15. The van der Waals surface area contributed by atoms with Gasteiger partial charge in [0.05, 0.1) is 10.7 Å². The number of aromatic nitrogens is 2. The number of nitrogens with one attached hydrogen (secondary N) is 1. The Morgan fingerprint density at radius 2 is 2.26 bits per heavy atom. The van der Waals surface area contributed by atoms with Gasteiger partial charge in [0.1, 0.15) is 0 Å². The van der Waals surface area contributed by atoms with Gasteiger partial charge >= 0.3 is 0 Å². The quantitative estimate of drug-likeness (QED) is 0.918. The van der Waals surface area contributed by atoms with Crippen molar-refractivity contribution >= 4 is 27.5 Å². The second-order valence-corrected chi connectivity index (χ2v) is 6.28. The summed E-state index contributed by atoms with van der Waals surface area (Å²) in [5.41, 5.74) is 3.14. The number of halogens is 2. The van der Waals surface area contributed by atoms with E-state index in [0.29, 0.717) is 6.04 Å². The predicted octanol–water partition coefficient (Wildman–Crippen LogP) is 3.76. The van der Waals surface area contributed by atoms with E-state index in [1.165, 1.54) is 18.4 Å². The van der Waals surface area contributed by atoms with E-state index in [-0.39, 0.29) is 0 Å². The van der Waals surface area contributed by atoms with Crippen molar-refractivity contribution in [1.82, 2.24) is 15.1 Å². The Kier molecular flexibility index (Phi) is 3.65. The molecule has 1 aliphatic rings. The zero-order valence-corrected chi connectivity index (χ0v) is 13.0. The Balaban J connectivity index is 1.93. The van der Waals surface area contributed by atoms with Crippen LogP contribution in [0.2, 0.25) is 5.02 Å². The van der Waals surface area contributed by atoms with E-state index in [4.69, 9.17) is 11.6 Å². The molecule has 1 N–H and O–H groups in total. The molecule has 2 aromatic rings. The molecule has 0 bridgehead atoms. The van der Waals surface area contributed by atoms with Crippen LogP contribution in [0.5, 0.6) is 0 Å². The lowest BCUT2D eigenvalue weighted by molar-refractivity contribution is 0.687. The second-order valence-electron chi connectivity index (χ2n) is 4.96. The van der Waals surface area contributed by atoms with E-state index in [9.17, 15) is 0 Å². The average molecular weight is 341 g/mol. The van der Waals surface area contributed by atoms with Gasteiger partial charge in [-0.15, -0.1) is 0 Å². The normalized spacial score (nSPS) is 14.9. The number of hydrogen-bond donors (Lipinski definition) is 1. The van der Waals surface area contributed by atoms with Gasteiger partial charge in [-0.05, 0) is 25.0 Å². The lowest BCUT2D eigenvalue weighted by atomic mass is 10.1. The van der Waals surface area contributed by atoms with Crippen LogP contribution in [0, 0.1) is 0 Å². The molecule has 1 aromatic carbocycles.